The average molecular weight is 311 g/mol. The van der Waals surface area contributed by atoms with Gasteiger partial charge in [0.25, 0.3) is 5.91 Å². The number of ether oxygens (including phenoxy) is 2. The third-order valence-corrected chi connectivity index (χ3v) is 4.62. The molecule has 22 heavy (non-hydrogen) atoms. The molecule has 0 unspecified atom stereocenters. The summed E-state index contributed by atoms with van der Waals surface area (Å²) < 4.78 is 11.5. The van der Waals surface area contributed by atoms with Crippen LogP contribution in [0.15, 0.2) is 11.8 Å². The molecule has 0 aromatic rings. The van der Waals surface area contributed by atoms with Crippen molar-refractivity contribution in [3.8, 4) is 0 Å². The second kappa shape index (κ2) is 8.53. The van der Waals surface area contributed by atoms with Crippen molar-refractivity contribution in [2.75, 3.05) is 13.2 Å². The second-order valence-electron chi connectivity index (χ2n) is 6.32. The van der Waals surface area contributed by atoms with Gasteiger partial charge in [-0.05, 0) is 44.6 Å². The summed E-state index contributed by atoms with van der Waals surface area (Å²) in [5, 5.41) is 12.1. The molecule has 2 aliphatic rings. The molecule has 0 aromatic heterocycles. The predicted octanol–water partition coefficient (Wildman–Crippen LogP) is 2.35. The summed E-state index contributed by atoms with van der Waals surface area (Å²) in [6, 6.07) is 0.282. The Morgan fingerprint density at radius 3 is 2.82 bits per heavy atom. The van der Waals surface area contributed by atoms with Crippen molar-refractivity contribution in [3.63, 3.8) is 0 Å². The van der Waals surface area contributed by atoms with Gasteiger partial charge in [-0.25, -0.2) is 0 Å². The lowest BCUT2D eigenvalue weighted by atomic mass is 9.86. The molecule has 3 atom stereocenters. The molecule has 5 heteroatoms. The van der Waals surface area contributed by atoms with Crippen LogP contribution in [0, 0.1) is 11.8 Å². The highest BCUT2D eigenvalue weighted by molar-refractivity contribution is 5.91. The first kappa shape index (κ1) is 17.3. The molecule has 2 rings (SSSR count). The normalized spacial score (nSPS) is 29.0. The number of hydrogen-bond acceptors (Lipinski definition) is 4. The smallest absolute Gasteiger partial charge is 0.286 e. The molecule has 2 N–H and O–H groups in total. The van der Waals surface area contributed by atoms with Crippen LogP contribution in [0.5, 0.6) is 0 Å². The van der Waals surface area contributed by atoms with E-state index in [9.17, 15) is 4.79 Å². The van der Waals surface area contributed by atoms with E-state index in [2.05, 4.69) is 12.2 Å². The Morgan fingerprint density at radius 1 is 1.45 bits per heavy atom. The number of aliphatic hydroxyl groups excluding tert-OH is 1. The molecule has 1 heterocycles. The number of hydrogen-bond donors (Lipinski definition) is 2. The third-order valence-electron chi connectivity index (χ3n) is 4.62. The van der Waals surface area contributed by atoms with Crippen LogP contribution in [0.25, 0.3) is 0 Å². The molecule has 0 saturated heterocycles. The summed E-state index contributed by atoms with van der Waals surface area (Å²) in [7, 11) is 0. The minimum atomic E-state index is -0.402. The molecule has 1 saturated carbocycles. The van der Waals surface area contributed by atoms with Crippen LogP contribution in [0.3, 0.4) is 0 Å². The van der Waals surface area contributed by atoms with Gasteiger partial charge in [-0.1, -0.05) is 19.8 Å². The minimum absolute atomic E-state index is 0.121. The van der Waals surface area contributed by atoms with Crippen molar-refractivity contribution in [2.24, 2.45) is 11.8 Å². The summed E-state index contributed by atoms with van der Waals surface area (Å²) in [5.74, 6) is 0.637. The van der Waals surface area contributed by atoms with E-state index in [4.69, 9.17) is 14.6 Å². The van der Waals surface area contributed by atoms with Gasteiger partial charge in [0.1, 0.15) is 0 Å². The Bertz CT molecular complexity index is 390. The number of carbonyl (C=O) groups is 1. The number of amides is 1. The fourth-order valence-electron chi connectivity index (χ4n) is 3.37. The van der Waals surface area contributed by atoms with E-state index in [1.54, 1.807) is 0 Å². The van der Waals surface area contributed by atoms with Crippen molar-refractivity contribution in [2.45, 2.75) is 64.7 Å². The predicted molar refractivity (Wildman–Crippen MR) is 84.0 cm³/mol. The molecule has 0 bridgehead atoms. The van der Waals surface area contributed by atoms with Crippen molar-refractivity contribution >= 4 is 5.91 Å². The minimum Gasteiger partial charge on any atom is -0.459 e. The van der Waals surface area contributed by atoms with Gasteiger partial charge in [0.05, 0.1) is 0 Å². The van der Waals surface area contributed by atoms with Crippen molar-refractivity contribution in [3.05, 3.63) is 11.8 Å². The number of rotatable bonds is 7. The zero-order valence-electron chi connectivity index (χ0n) is 13.7. The molecular formula is C17H29NO4. The average Bonchev–Trinajstić information content (AvgIpc) is 2.99. The second-order valence-corrected chi connectivity index (χ2v) is 6.32. The Kier molecular flexibility index (Phi) is 6.70. The standard InChI is InChI=1S/C17H29NO4/c1-3-21-17-14(9-6-10-19)12(2)11-15(22-17)16(20)18-13-7-4-5-8-13/h11-14,17,19H,3-10H2,1-2H3,(H,18,20)/t12-,14+,17+/m0/s1. The number of carbonyl (C=O) groups excluding carboxylic acids is 1. The van der Waals surface area contributed by atoms with Crippen LogP contribution < -0.4 is 5.32 Å². The Balaban J connectivity index is 2.00. The van der Waals surface area contributed by atoms with E-state index in [0.29, 0.717) is 12.4 Å². The molecule has 5 nitrogen and oxygen atoms in total. The van der Waals surface area contributed by atoms with Gasteiger partial charge in [-0.15, -0.1) is 0 Å². The zero-order valence-corrected chi connectivity index (χ0v) is 13.7. The molecule has 0 spiro atoms. The van der Waals surface area contributed by atoms with E-state index in [1.165, 1.54) is 12.8 Å². The van der Waals surface area contributed by atoms with Crippen LogP contribution in [-0.2, 0) is 14.3 Å². The maximum atomic E-state index is 12.4. The molecule has 1 aliphatic carbocycles. The lowest BCUT2D eigenvalue weighted by molar-refractivity contribution is -0.171. The molecule has 0 radical (unpaired) electrons. The van der Waals surface area contributed by atoms with Gasteiger partial charge >= 0.3 is 0 Å². The van der Waals surface area contributed by atoms with Crippen molar-refractivity contribution in [1.82, 2.24) is 5.32 Å². The van der Waals surface area contributed by atoms with Crippen LogP contribution >= 0.6 is 0 Å². The van der Waals surface area contributed by atoms with Gasteiger partial charge in [-0.3, -0.25) is 4.79 Å². The highest BCUT2D eigenvalue weighted by Gasteiger charge is 2.35. The van der Waals surface area contributed by atoms with Gasteiger partial charge < -0.3 is 19.9 Å². The maximum absolute atomic E-state index is 12.4. The summed E-state index contributed by atoms with van der Waals surface area (Å²) >= 11 is 0. The maximum Gasteiger partial charge on any atom is 0.286 e. The molecule has 1 aliphatic heterocycles. The highest BCUT2D eigenvalue weighted by atomic mass is 16.7. The zero-order chi connectivity index (χ0) is 15.9. The fraction of sp³-hybridized carbons (Fsp3) is 0.824. The third kappa shape index (κ3) is 4.46. The van der Waals surface area contributed by atoms with Gasteiger partial charge in [0, 0.05) is 25.2 Å². The molecule has 0 aromatic carbocycles. The lowest BCUT2D eigenvalue weighted by Gasteiger charge is -2.35. The van der Waals surface area contributed by atoms with Gasteiger partial charge in [0.2, 0.25) is 6.29 Å². The summed E-state index contributed by atoms with van der Waals surface area (Å²) in [5.41, 5.74) is 0. The van der Waals surface area contributed by atoms with Crippen molar-refractivity contribution < 1.29 is 19.4 Å². The first-order valence-electron chi connectivity index (χ1n) is 8.57. The largest absolute Gasteiger partial charge is 0.459 e. The van der Waals surface area contributed by atoms with Gasteiger partial charge in [0.15, 0.2) is 5.76 Å². The molecule has 1 fully saturated rings. The summed E-state index contributed by atoms with van der Waals surface area (Å²) in [4.78, 5) is 12.4. The number of nitrogens with one attached hydrogen (secondary N) is 1. The van der Waals surface area contributed by atoms with Crippen molar-refractivity contribution in [1.29, 1.82) is 0 Å². The monoisotopic (exact) mass is 311 g/mol. The van der Waals surface area contributed by atoms with E-state index < -0.39 is 6.29 Å². The Labute approximate surface area is 133 Å². The Morgan fingerprint density at radius 2 is 2.18 bits per heavy atom. The van der Waals surface area contributed by atoms with Gasteiger partial charge in [-0.2, -0.15) is 0 Å². The molecule has 1 amide bonds. The molecular weight excluding hydrogens is 282 g/mol. The lowest BCUT2D eigenvalue weighted by Crippen LogP contribution is -2.41. The quantitative estimate of drug-likeness (QED) is 0.757. The first-order valence-corrected chi connectivity index (χ1v) is 8.57. The van der Waals surface area contributed by atoms with Crippen LogP contribution in [0.2, 0.25) is 0 Å². The van der Waals surface area contributed by atoms with Crippen LogP contribution in [-0.4, -0.2) is 36.6 Å². The molecule has 126 valence electrons. The van der Waals surface area contributed by atoms with E-state index in [1.807, 2.05) is 13.0 Å². The SMILES string of the molecule is CCO[C@@H]1OC(C(=O)NC2CCCC2)=C[C@H](C)[C@H]1CCCO. The van der Waals surface area contributed by atoms with Crippen LogP contribution in [0.1, 0.15) is 52.4 Å². The van der Waals surface area contributed by atoms with E-state index in [-0.39, 0.29) is 30.4 Å². The van der Waals surface area contributed by atoms with Crippen LogP contribution in [0.4, 0.5) is 0 Å². The fourth-order valence-corrected chi connectivity index (χ4v) is 3.37. The topological polar surface area (TPSA) is 67.8 Å². The summed E-state index contributed by atoms with van der Waals surface area (Å²) in [6.45, 7) is 4.72. The number of allylic oxidation sites excluding steroid dienone is 1. The highest BCUT2D eigenvalue weighted by Crippen LogP contribution is 2.32. The Hall–Kier alpha value is -1.07. The van der Waals surface area contributed by atoms with E-state index in [0.717, 1.165) is 25.7 Å². The first-order chi connectivity index (χ1) is 10.7. The van der Waals surface area contributed by atoms with E-state index >= 15 is 0 Å². The summed E-state index contributed by atoms with van der Waals surface area (Å²) in [6.07, 6.45) is 7.54. The number of aliphatic hydroxyl groups is 1.